The molecule has 3 heterocycles. The highest BCUT2D eigenvalue weighted by molar-refractivity contribution is 6.25. The van der Waals surface area contributed by atoms with Crippen LogP contribution in [0.4, 0.5) is 0 Å². The molecule has 0 saturated carbocycles. The first-order valence-electron chi connectivity index (χ1n) is 19.3. The van der Waals surface area contributed by atoms with Crippen LogP contribution in [-0.4, -0.2) is 14.5 Å². The molecular weight excluding hydrogens is 693 g/mol. The lowest BCUT2D eigenvalue weighted by Gasteiger charge is -2.21. The predicted octanol–water partition coefficient (Wildman–Crippen LogP) is 13.7. The second-order valence-corrected chi connectivity index (χ2v) is 14.9. The van der Waals surface area contributed by atoms with Gasteiger partial charge in [-0.1, -0.05) is 115 Å². The number of fused-ring (bicyclic) bond motifs is 9. The lowest BCUT2D eigenvalue weighted by molar-refractivity contribution is 1.18. The van der Waals surface area contributed by atoms with Gasteiger partial charge >= 0.3 is 0 Å². The Kier molecular flexibility index (Phi) is 7.32. The normalized spacial score (nSPS) is 11.7. The van der Waals surface area contributed by atoms with Crippen molar-refractivity contribution in [3.8, 4) is 45.4 Å². The molecule has 8 aromatic carbocycles. The fourth-order valence-electron chi connectivity index (χ4n) is 9.15. The maximum atomic E-state index is 9.85. The van der Waals surface area contributed by atoms with Gasteiger partial charge in [0.25, 0.3) is 0 Å². The highest BCUT2D eigenvalue weighted by atomic mass is 15.0. The zero-order valence-corrected chi connectivity index (χ0v) is 31.5. The zero-order chi connectivity index (χ0) is 38.2. The number of hydrogen-bond acceptors (Lipinski definition) is 3. The van der Waals surface area contributed by atoms with E-state index in [9.17, 15) is 5.26 Å². The topological polar surface area (TPSA) is 54.5 Å². The molecule has 4 heteroatoms. The standard InChI is InChI=1S/C53H34N4/c1-32-48-40-20-12-13-21-44(40)55-52(35-14-6-3-7-15-35)50(48)33(2)49-41-25-23-38(30-45(41)56-53(51(32)49)36-16-8-4-9-17-36)37-24-27-47-43(29-37)42-28-34(31-54)22-26-46(42)57(47)39-18-10-5-11-19-39/h3-30H,1-2H3. The smallest absolute Gasteiger partial charge is 0.0991 e. The third-order valence-electron chi connectivity index (χ3n) is 11.7. The van der Waals surface area contributed by atoms with Crippen molar-refractivity contribution in [1.29, 1.82) is 5.26 Å². The Hall–Kier alpha value is -7.61. The fourth-order valence-corrected chi connectivity index (χ4v) is 9.15. The third-order valence-corrected chi connectivity index (χ3v) is 11.7. The van der Waals surface area contributed by atoms with Gasteiger partial charge in [0, 0.05) is 49.1 Å². The van der Waals surface area contributed by atoms with E-state index in [0.717, 1.165) is 82.9 Å². The van der Waals surface area contributed by atoms with Gasteiger partial charge in [-0.25, -0.2) is 9.97 Å². The highest BCUT2D eigenvalue weighted by Crippen LogP contribution is 2.46. The quantitative estimate of drug-likeness (QED) is 0.134. The zero-order valence-electron chi connectivity index (χ0n) is 31.5. The third kappa shape index (κ3) is 4.99. The van der Waals surface area contributed by atoms with Crippen molar-refractivity contribution in [3.05, 3.63) is 187 Å². The number of nitrogens with zero attached hydrogens (tertiary/aromatic N) is 4. The molecule has 0 aliphatic heterocycles. The monoisotopic (exact) mass is 726 g/mol. The molecule has 0 bridgehead atoms. The van der Waals surface area contributed by atoms with E-state index in [1.54, 1.807) is 0 Å². The van der Waals surface area contributed by atoms with Gasteiger partial charge in [-0.15, -0.1) is 0 Å². The van der Waals surface area contributed by atoms with E-state index < -0.39 is 0 Å². The number of nitriles is 1. The molecule has 11 aromatic rings. The molecule has 0 saturated heterocycles. The average Bonchev–Trinajstić information content (AvgIpc) is 3.60. The molecule has 11 rings (SSSR count). The van der Waals surface area contributed by atoms with Crippen molar-refractivity contribution < 1.29 is 0 Å². The Morgan fingerprint density at radius 3 is 1.58 bits per heavy atom. The number of aryl methyl sites for hydroxylation is 2. The fraction of sp³-hybridized carbons (Fsp3) is 0.0377. The molecule has 4 nitrogen and oxygen atoms in total. The van der Waals surface area contributed by atoms with Gasteiger partial charge in [0.1, 0.15) is 0 Å². The molecule has 266 valence electrons. The van der Waals surface area contributed by atoms with Crippen LogP contribution in [0.15, 0.2) is 170 Å². The molecule has 0 fully saturated rings. The Morgan fingerprint density at radius 2 is 0.930 bits per heavy atom. The maximum absolute atomic E-state index is 9.85. The Morgan fingerprint density at radius 1 is 0.421 bits per heavy atom. The number of benzene rings is 8. The van der Waals surface area contributed by atoms with Crippen molar-refractivity contribution in [2.75, 3.05) is 0 Å². The minimum Gasteiger partial charge on any atom is -0.309 e. The van der Waals surface area contributed by atoms with Gasteiger partial charge in [-0.05, 0) is 101 Å². The van der Waals surface area contributed by atoms with Gasteiger partial charge in [-0.2, -0.15) is 5.26 Å². The predicted molar refractivity (Wildman–Crippen MR) is 237 cm³/mol. The first kappa shape index (κ1) is 32.8. The summed E-state index contributed by atoms with van der Waals surface area (Å²) in [6.07, 6.45) is 0. The van der Waals surface area contributed by atoms with Crippen LogP contribution in [0, 0.1) is 25.2 Å². The number of pyridine rings is 2. The van der Waals surface area contributed by atoms with E-state index in [1.165, 1.54) is 32.7 Å². The number of rotatable bonds is 4. The first-order valence-corrected chi connectivity index (χ1v) is 19.3. The summed E-state index contributed by atoms with van der Waals surface area (Å²) in [6, 6.07) is 61.8. The number of hydrogen-bond donors (Lipinski definition) is 0. The second kappa shape index (κ2) is 12.7. The number of aromatic nitrogens is 3. The summed E-state index contributed by atoms with van der Waals surface area (Å²) in [5.74, 6) is 0. The molecule has 0 aliphatic carbocycles. The lowest BCUT2D eigenvalue weighted by atomic mass is 9.85. The molecule has 0 atom stereocenters. The SMILES string of the molecule is Cc1c2c(-c3ccccc3)nc3cc(-c4ccc5c(c4)c4cc(C#N)ccc4n5-c4ccccc4)ccc3c2c(C)c2c(-c3ccccc3)nc3ccccc3c12. The van der Waals surface area contributed by atoms with Gasteiger partial charge in [-0.3, -0.25) is 0 Å². The molecule has 0 amide bonds. The van der Waals surface area contributed by atoms with Crippen LogP contribution < -0.4 is 0 Å². The van der Waals surface area contributed by atoms with E-state index >= 15 is 0 Å². The highest BCUT2D eigenvalue weighted by Gasteiger charge is 2.23. The molecular formula is C53H34N4. The van der Waals surface area contributed by atoms with Crippen LogP contribution in [-0.2, 0) is 0 Å². The second-order valence-electron chi connectivity index (χ2n) is 14.9. The lowest BCUT2D eigenvalue weighted by Crippen LogP contribution is -1.99. The van der Waals surface area contributed by atoms with E-state index in [-0.39, 0.29) is 0 Å². The van der Waals surface area contributed by atoms with E-state index in [0.29, 0.717) is 5.56 Å². The summed E-state index contributed by atoms with van der Waals surface area (Å²) in [7, 11) is 0. The summed E-state index contributed by atoms with van der Waals surface area (Å²) < 4.78 is 2.28. The summed E-state index contributed by atoms with van der Waals surface area (Å²) in [5.41, 5.74) is 14.6. The van der Waals surface area contributed by atoms with Crippen molar-refractivity contribution in [3.63, 3.8) is 0 Å². The first-order chi connectivity index (χ1) is 28.1. The largest absolute Gasteiger partial charge is 0.309 e. The van der Waals surface area contributed by atoms with Gasteiger partial charge in [0.05, 0.1) is 45.1 Å². The van der Waals surface area contributed by atoms with E-state index in [1.807, 2.05) is 18.2 Å². The molecule has 0 aliphatic rings. The summed E-state index contributed by atoms with van der Waals surface area (Å²) in [4.78, 5) is 10.9. The van der Waals surface area contributed by atoms with Gasteiger partial charge in [0.2, 0.25) is 0 Å². The summed E-state index contributed by atoms with van der Waals surface area (Å²) in [5, 5.41) is 19.1. The van der Waals surface area contributed by atoms with Crippen molar-refractivity contribution in [2.24, 2.45) is 0 Å². The summed E-state index contributed by atoms with van der Waals surface area (Å²) >= 11 is 0. The average molecular weight is 727 g/mol. The maximum Gasteiger partial charge on any atom is 0.0991 e. The van der Waals surface area contributed by atoms with Crippen LogP contribution in [0.25, 0.3) is 104 Å². The van der Waals surface area contributed by atoms with Crippen molar-refractivity contribution >= 4 is 65.2 Å². The summed E-state index contributed by atoms with van der Waals surface area (Å²) in [6.45, 7) is 4.53. The van der Waals surface area contributed by atoms with Crippen LogP contribution in [0.1, 0.15) is 16.7 Å². The van der Waals surface area contributed by atoms with Crippen LogP contribution in [0.2, 0.25) is 0 Å². The van der Waals surface area contributed by atoms with Gasteiger partial charge < -0.3 is 4.57 Å². The Bertz CT molecular complexity index is 3470. The van der Waals surface area contributed by atoms with E-state index in [4.69, 9.17) is 9.97 Å². The molecule has 3 aromatic heterocycles. The Labute approximate surface area is 329 Å². The van der Waals surface area contributed by atoms with Crippen molar-refractivity contribution in [2.45, 2.75) is 13.8 Å². The van der Waals surface area contributed by atoms with Crippen LogP contribution in [0.3, 0.4) is 0 Å². The van der Waals surface area contributed by atoms with Crippen LogP contribution in [0.5, 0.6) is 0 Å². The Balaban J connectivity index is 1.21. The van der Waals surface area contributed by atoms with Gasteiger partial charge in [0.15, 0.2) is 0 Å². The molecule has 0 spiro atoms. The van der Waals surface area contributed by atoms with E-state index in [2.05, 4.69) is 176 Å². The molecule has 0 radical (unpaired) electrons. The minimum absolute atomic E-state index is 0.645. The van der Waals surface area contributed by atoms with Crippen molar-refractivity contribution in [1.82, 2.24) is 14.5 Å². The molecule has 0 unspecified atom stereocenters. The number of para-hydroxylation sites is 2. The minimum atomic E-state index is 0.645. The molecule has 0 N–H and O–H groups in total. The molecule has 57 heavy (non-hydrogen) atoms. The van der Waals surface area contributed by atoms with Crippen LogP contribution >= 0.6 is 0 Å².